The minimum absolute atomic E-state index is 0.0866. The van der Waals surface area contributed by atoms with E-state index in [9.17, 15) is 10.1 Å². The lowest BCUT2D eigenvalue weighted by molar-refractivity contribution is -0.380. The number of hydrogen-bond donors (Lipinski definition) is 1. The van der Waals surface area contributed by atoms with Gasteiger partial charge in [-0.25, -0.2) is 0 Å². The molecule has 0 spiro atoms. The minimum atomic E-state index is -0.327. The molecule has 1 aromatic heterocycles. The molecule has 0 aliphatic carbocycles. The Balaban J connectivity index is 2.22. The molecule has 6 heteroatoms. The van der Waals surface area contributed by atoms with Crippen molar-refractivity contribution >= 4 is 16.3 Å². The zero-order chi connectivity index (χ0) is 13.1. The van der Waals surface area contributed by atoms with Crippen molar-refractivity contribution in [3.8, 4) is 0 Å². The van der Waals surface area contributed by atoms with Gasteiger partial charge in [-0.2, -0.15) is 0 Å². The van der Waals surface area contributed by atoms with Crippen LogP contribution in [0.1, 0.15) is 37.1 Å². The molecule has 2 heterocycles. The number of piperidine rings is 1. The molecule has 18 heavy (non-hydrogen) atoms. The van der Waals surface area contributed by atoms with E-state index < -0.39 is 0 Å². The quantitative estimate of drug-likeness (QED) is 0.673. The summed E-state index contributed by atoms with van der Waals surface area (Å²) in [4.78, 5) is 13.8. The number of nitrogens with zero attached hydrogens (tertiary/aromatic N) is 2. The van der Waals surface area contributed by atoms with Gasteiger partial charge in [-0.1, -0.05) is 18.3 Å². The Morgan fingerprint density at radius 3 is 3.00 bits per heavy atom. The highest BCUT2D eigenvalue weighted by molar-refractivity contribution is 7.15. The zero-order valence-electron chi connectivity index (χ0n) is 10.5. The van der Waals surface area contributed by atoms with E-state index in [0.29, 0.717) is 0 Å². The highest BCUT2D eigenvalue weighted by Gasteiger charge is 2.31. The lowest BCUT2D eigenvalue weighted by Crippen LogP contribution is -2.45. The molecule has 1 fully saturated rings. The van der Waals surface area contributed by atoms with Gasteiger partial charge in [0, 0.05) is 17.0 Å². The van der Waals surface area contributed by atoms with E-state index in [1.807, 2.05) is 6.07 Å². The molecule has 1 aliphatic heterocycles. The van der Waals surface area contributed by atoms with Crippen molar-refractivity contribution < 1.29 is 4.92 Å². The molecule has 0 amide bonds. The molecule has 5 nitrogen and oxygen atoms in total. The van der Waals surface area contributed by atoms with E-state index >= 15 is 0 Å². The number of thiophene rings is 1. The van der Waals surface area contributed by atoms with E-state index in [-0.39, 0.29) is 22.0 Å². The van der Waals surface area contributed by atoms with Crippen LogP contribution in [0.2, 0.25) is 0 Å². The maximum Gasteiger partial charge on any atom is 0.324 e. The molecule has 1 saturated heterocycles. The van der Waals surface area contributed by atoms with Gasteiger partial charge >= 0.3 is 5.00 Å². The van der Waals surface area contributed by atoms with Gasteiger partial charge < -0.3 is 5.73 Å². The molecule has 2 unspecified atom stereocenters. The molecule has 0 aromatic carbocycles. The summed E-state index contributed by atoms with van der Waals surface area (Å²) >= 11 is 1.26. The average Bonchev–Trinajstić information content (AvgIpc) is 2.79. The van der Waals surface area contributed by atoms with Gasteiger partial charge in [-0.3, -0.25) is 15.0 Å². The van der Waals surface area contributed by atoms with Crippen molar-refractivity contribution in [3.63, 3.8) is 0 Å². The summed E-state index contributed by atoms with van der Waals surface area (Å²) in [6.07, 6.45) is 3.19. The molecular formula is C12H19N3O2S. The van der Waals surface area contributed by atoms with Crippen LogP contribution in [0.4, 0.5) is 5.00 Å². The molecule has 2 rings (SSSR count). The average molecular weight is 269 g/mol. The zero-order valence-corrected chi connectivity index (χ0v) is 11.4. The second kappa shape index (κ2) is 5.77. The Morgan fingerprint density at radius 2 is 2.39 bits per heavy atom. The molecule has 0 bridgehead atoms. The normalized spacial score (nSPS) is 25.2. The Morgan fingerprint density at radius 1 is 1.61 bits per heavy atom. The first kappa shape index (κ1) is 13.5. The first-order valence-electron chi connectivity index (χ1n) is 6.37. The molecular weight excluding hydrogens is 250 g/mol. The predicted molar refractivity (Wildman–Crippen MR) is 72.8 cm³/mol. The molecule has 0 radical (unpaired) electrons. The van der Waals surface area contributed by atoms with Crippen molar-refractivity contribution in [3.05, 3.63) is 27.1 Å². The second-order valence-corrected chi connectivity index (χ2v) is 5.81. The standard InChI is InChI=1S/C12H19N3O2S/c1-2-7-14-8-3-4-9(13)12(14)10-5-6-11(18-10)15(16)17/h5-6,9,12H,2-4,7-8,13H2,1H3. The summed E-state index contributed by atoms with van der Waals surface area (Å²) in [5.74, 6) is 0. The van der Waals surface area contributed by atoms with E-state index in [2.05, 4.69) is 11.8 Å². The summed E-state index contributed by atoms with van der Waals surface area (Å²) in [5.41, 5.74) is 6.21. The summed E-state index contributed by atoms with van der Waals surface area (Å²) in [6.45, 7) is 4.19. The highest BCUT2D eigenvalue weighted by atomic mass is 32.1. The summed E-state index contributed by atoms with van der Waals surface area (Å²) in [5, 5.41) is 11.0. The Hall–Kier alpha value is -0.980. The SMILES string of the molecule is CCCN1CCCC(N)C1c1ccc([N+](=O)[O-])s1. The Labute approximate surface area is 111 Å². The first-order chi connectivity index (χ1) is 8.63. The number of nitrogens with two attached hydrogens (primary N) is 1. The second-order valence-electron chi connectivity index (χ2n) is 4.72. The summed E-state index contributed by atoms with van der Waals surface area (Å²) < 4.78 is 0. The summed E-state index contributed by atoms with van der Waals surface area (Å²) in [7, 11) is 0. The van der Waals surface area contributed by atoms with Crippen LogP contribution in [0.5, 0.6) is 0 Å². The number of nitro groups is 1. The van der Waals surface area contributed by atoms with Crippen LogP contribution in [-0.4, -0.2) is 29.0 Å². The Kier molecular flexibility index (Phi) is 4.31. The number of hydrogen-bond acceptors (Lipinski definition) is 5. The van der Waals surface area contributed by atoms with Crippen LogP contribution in [0, 0.1) is 10.1 Å². The van der Waals surface area contributed by atoms with E-state index in [1.54, 1.807) is 6.07 Å². The number of likely N-dealkylation sites (tertiary alicyclic amines) is 1. The van der Waals surface area contributed by atoms with Crippen LogP contribution in [0.15, 0.2) is 12.1 Å². The lowest BCUT2D eigenvalue weighted by Gasteiger charge is -2.39. The van der Waals surface area contributed by atoms with Gasteiger partial charge in [0.2, 0.25) is 0 Å². The number of rotatable bonds is 4. The minimum Gasteiger partial charge on any atom is -0.326 e. The highest BCUT2D eigenvalue weighted by Crippen LogP contribution is 2.36. The van der Waals surface area contributed by atoms with Crippen LogP contribution >= 0.6 is 11.3 Å². The fourth-order valence-corrected chi connectivity index (χ4v) is 3.66. The van der Waals surface area contributed by atoms with E-state index in [1.165, 1.54) is 11.3 Å². The third-order valence-corrected chi connectivity index (χ3v) is 4.48. The summed E-state index contributed by atoms with van der Waals surface area (Å²) in [6, 6.07) is 3.69. The van der Waals surface area contributed by atoms with E-state index in [4.69, 9.17) is 5.73 Å². The monoisotopic (exact) mass is 269 g/mol. The van der Waals surface area contributed by atoms with Gasteiger partial charge in [-0.05, 0) is 38.4 Å². The molecule has 2 atom stereocenters. The van der Waals surface area contributed by atoms with Gasteiger partial charge in [0.1, 0.15) is 0 Å². The smallest absolute Gasteiger partial charge is 0.324 e. The van der Waals surface area contributed by atoms with Crippen molar-refractivity contribution in [1.82, 2.24) is 4.90 Å². The van der Waals surface area contributed by atoms with Crippen molar-refractivity contribution in [2.24, 2.45) is 5.73 Å². The molecule has 1 aliphatic rings. The van der Waals surface area contributed by atoms with Gasteiger partial charge in [0.25, 0.3) is 0 Å². The maximum absolute atomic E-state index is 10.8. The van der Waals surface area contributed by atoms with Crippen molar-refractivity contribution in [1.29, 1.82) is 0 Å². The predicted octanol–water partition coefficient (Wildman–Crippen LogP) is 2.53. The van der Waals surface area contributed by atoms with Crippen LogP contribution in [-0.2, 0) is 0 Å². The van der Waals surface area contributed by atoms with Crippen LogP contribution < -0.4 is 5.73 Å². The van der Waals surface area contributed by atoms with Gasteiger partial charge in [0.15, 0.2) is 0 Å². The molecule has 100 valence electrons. The fourth-order valence-electron chi connectivity index (χ4n) is 2.63. The molecule has 0 saturated carbocycles. The van der Waals surface area contributed by atoms with Gasteiger partial charge in [0.05, 0.1) is 11.0 Å². The topological polar surface area (TPSA) is 72.4 Å². The van der Waals surface area contributed by atoms with Crippen LogP contribution in [0.25, 0.3) is 0 Å². The molecule has 1 aromatic rings. The fraction of sp³-hybridized carbons (Fsp3) is 0.667. The maximum atomic E-state index is 10.8. The van der Waals surface area contributed by atoms with Crippen molar-refractivity contribution in [2.45, 2.75) is 38.3 Å². The molecule has 2 N–H and O–H groups in total. The third-order valence-electron chi connectivity index (χ3n) is 3.38. The van der Waals surface area contributed by atoms with Crippen LogP contribution in [0.3, 0.4) is 0 Å². The Bertz CT molecular complexity index is 419. The third kappa shape index (κ3) is 2.71. The van der Waals surface area contributed by atoms with Crippen molar-refractivity contribution in [2.75, 3.05) is 13.1 Å². The van der Waals surface area contributed by atoms with E-state index in [0.717, 1.165) is 37.2 Å². The lowest BCUT2D eigenvalue weighted by atomic mass is 9.95. The van der Waals surface area contributed by atoms with Gasteiger partial charge in [-0.15, -0.1) is 0 Å². The first-order valence-corrected chi connectivity index (χ1v) is 7.19. The largest absolute Gasteiger partial charge is 0.326 e.